The van der Waals surface area contributed by atoms with E-state index in [0.29, 0.717) is 12.5 Å². The molecule has 0 aliphatic carbocycles. The Morgan fingerprint density at radius 3 is 2.42 bits per heavy atom. The Morgan fingerprint density at radius 2 is 1.89 bits per heavy atom. The lowest BCUT2D eigenvalue weighted by Gasteiger charge is -2.22. The number of nitrogens with one attached hydrogen (secondary N) is 2. The highest BCUT2D eigenvalue weighted by Crippen LogP contribution is 2.21. The van der Waals surface area contributed by atoms with Gasteiger partial charge in [-0.25, -0.2) is 4.79 Å². The van der Waals surface area contributed by atoms with Crippen LogP contribution in [0.1, 0.15) is 26.7 Å². The summed E-state index contributed by atoms with van der Waals surface area (Å²) in [6.07, 6.45) is 2.30. The van der Waals surface area contributed by atoms with Gasteiger partial charge in [0.25, 0.3) is 0 Å². The minimum atomic E-state index is -0.861. The van der Waals surface area contributed by atoms with Crippen LogP contribution in [-0.4, -0.2) is 41.7 Å². The van der Waals surface area contributed by atoms with Crippen molar-refractivity contribution in [2.75, 3.05) is 24.6 Å². The van der Waals surface area contributed by atoms with Crippen LogP contribution in [0.4, 0.5) is 4.79 Å². The van der Waals surface area contributed by atoms with E-state index in [1.54, 1.807) is 0 Å². The molecular weight excluding hydrogens is 264 g/mol. The SMILES string of the molecule is CC(C)C(CNC(=O)NCC1CCSCC1)C(=O)O. The van der Waals surface area contributed by atoms with Crippen LogP contribution in [0.2, 0.25) is 0 Å². The average molecular weight is 288 g/mol. The predicted octanol–water partition coefficient (Wildman–Crippen LogP) is 1.79. The number of urea groups is 1. The monoisotopic (exact) mass is 288 g/mol. The van der Waals surface area contributed by atoms with Gasteiger partial charge in [-0.05, 0) is 36.2 Å². The van der Waals surface area contributed by atoms with Crippen molar-refractivity contribution < 1.29 is 14.7 Å². The molecule has 1 atom stereocenters. The number of hydrogen-bond acceptors (Lipinski definition) is 3. The molecule has 1 aliphatic heterocycles. The molecule has 0 aromatic rings. The predicted molar refractivity (Wildman–Crippen MR) is 77.4 cm³/mol. The van der Waals surface area contributed by atoms with Crippen molar-refractivity contribution in [2.24, 2.45) is 17.8 Å². The molecule has 0 aromatic carbocycles. The molecule has 1 fully saturated rings. The van der Waals surface area contributed by atoms with Crippen LogP contribution in [-0.2, 0) is 4.79 Å². The van der Waals surface area contributed by atoms with Gasteiger partial charge in [-0.1, -0.05) is 13.8 Å². The maximum atomic E-state index is 11.6. The molecule has 1 saturated heterocycles. The fraction of sp³-hybridized carbons (Fsp3) is 0.846. The molecule has 0 radical (unpaired) electrons. The number of carboxylic acids is 1. The average Bonchev–Trinajstić information content (AvgIpc) is 2.37. The minimum Gasteiger partial charge on any atom is -0.481 e. The smallest absolute Gasteiger partial charge is 0.314 e. The zero-order valence-corrected chi connectivity index (χ0v) is 12.5. The maximum absolute atomic E-state index is 11.6. The van der Waals surface area contributed by atoms with E-state index in [1.165, 1.54) is 11.5 Å². The summed E-state index contributed by atoms with van der Waals surface area (Å²) in [4.78, 5) is 22.6. The van der Waals surface area contributed by atoms with E-state index < -0.39 is 11.9 Å². The van der Waals surface area contributed by atoms with Crippen LogP contribution in [0.5, 0.6) is 0 Å². The topological polar surface area (TPSA) is 78.4 Å². The van der Waals surface area contributed by atoms with Crippen LogP contribution in [0.15, 0.2) is 0 Å². The lowest BCUT2D eigenvalue weighted by molar-refractivity contribution is -0.142. The third kappa shape index (κ3) is 6.18. The molecule has 110 valence electrons. The van der Waals surface area contributed by atoms with Crippen LogP contribution < -0.4 is 10.6 Å². The number of carboxylic acid groups (broad SMARTS) is 1. The first kappa shape index (κ1) is 16.1. The number of rotatable bonds is 6. The van der Waals surface area contributed by atoms with Crippen molar-refractivity contribution in [1.29, 1.82) is 0 Å². The van der Waals surface area contributed by atoms with Gasteiger partial charge in [0.05, 0.1) is 5.92 Å². The number of carbonyl (C=O) groups excluding carboxylic acids is 1. The standard InChI is InChI=1S/C13H24N2O3S/c1-9(2)11(12(16)17)8-15-13(18)14-7-10-3-5-19-6-4-10/h9-11H,3-8H2,1-2H3,(H,16,17)(H2,14,15,18). The third-order valence-corrected chi connectivity index (χ3v) is 4.55. The molecule has 0 saturated carbocycles. The van der Waals surface area contributed by atoms with Crippen LogP contribution in [0, 0.1) is 17.8 Å². The fourth-order valence-corrected chi connectivity index (χ4v) is 3.27. The lowest BCUT2D eigenvalue weighted by Crippen LogP contribution is -2.43. The summed E-state index contributed by atoms with van der Waals surface area (Å²) < 4.78 is 0. The highest BCUT2D eigenvalue weighted by atomic mass is 32.2. The molecule has 1 unspecified atom stereocenters. The van der Waals surface area contributed by atoms with Gasteiger partial charge in [0.2, 0.25) is 0 Å². The Morgan fingerprint density at radius 1 is 1.26 bits per heavy atom. The molecular formula is C13H24N2O3S. The number of aliphatic carboxylic acids is 1. The lowest BCUT2D eigenvalue weighted by atomic mass is 9.96. The summed E-state index contributed by atoms with van der Waals surface area (Å²) in [5.41, 5.74) is 0. The van der Waals surface area contributed by atoms with Crippen molar-refractivity contribution in [3.05, 3.63) is 0 Å². The second-order valence-corrected chi connectivity index (χ2v) is 6.56. The van der Waals surface area contributed by atoms with E-state index in [2.05, 4.69) is 10.6 Å². The van der Waals surface area contributed by atoms with Crippen LogP contribution >= 0.6 is 11.8 Å². The number of thioether (sulfide) groups is 1. The van der Waals surface area contributed by atoms with Gasteiger partial charge < -0.3 is 15.7 Å². The first-order chi connectivity index (χ1) is 9.00. The highest BCUT2D eigenvalue weighted by Gasteiger charge is 2.22. The van der Waals surface area contributed by atoms with Gasteiger partial charge in [0, 0.05) is 13.1 Å². The van der Waals surface area contributed by atoms with Crippen molar-refractivity contribution in [3.8, 4) is 0 Å². The van der Waals surface area contributed by atoms with E-state index in [9.17, 15) is 9.59 Å². The third-order valence-electron chi connectivity index (χ3n) is 3.50. The molecule has 19 heavy (non-hydrogen) atoms. The summed E-state index contributed by atoms with van der Waals surface area (Å²) in [5, 5.41) is 14.5. The van der Waals surface area contributed by atoms with E-state index >= 15 is 0 Å². The Labute approximate surface area is 118 Å². The molecule has 5 nitrogen and oxygen atoms in total. The molecule has 2 amide bonds. The van der Waals surface area contributed by atoms with Gasteiger partial charge in [-0.15, -0.1) is 0 Å². The molecule has 0 bridgehead atoms. The van der Waals surface area contributed by atoms with Crippen molar-refractivity contribution >= 4 is 23.8 Å². The molecule has 0 aromatic heterocycles. The fourth-order valence-electron chi connectivity index (χ4n) is 2.06. The van der Waals surface area contributed by atoms with Crippen LogP contribution in [0.25, 0.3) is 0 Å². The minimum absolute atomic E-state index is 0.00756. The Kier molecular flexibility index (Phi) is 7.05. The molecule has 3 N–H and O–H groups in total. The summed E-state index contributed by atoms with van der Waals surface area (Å²) >= 11 is 1.96. The summed E-state index contributed by atoms with van der Waals surface area (Å²) in [7, 11) is 0. The number of hydrogen-bond donors (Lipinski definition) is 3. The van der Waals surface area contributed by atoms with Crippen LogP contribution in [0.3, 0.4) is 0 Å². The Balaban J connectivity index is 2.21. The summed E-state index contributed by atoms with van der Waals surface area (Å²) in [6, 6.07) is -0.259. The van der Waals surface area contributed by atoms with Crippen molar-refractivity contribution in [1.82, 2.24) is 10.6 Å². The summed E-state index contributed by atoms with van der Waals surface area (Å²) in [6.45, 7) is 4.56. The highest BCUT2D eigenvalue weighted by molar-refractivity contribution is 7.99. The second-order valence-electron chi connectivity index (χ2n) is 5.34. The van der Waals surface area contributed by atoms with E-state index in [-0.39, 0.29) is 18.5 Å². The van der Waals surface area contributed by atoms with Crippen molar-refractivity contribution in [2.45, 2.75) is 26.7 Å². The first-order valence-corrected chi connectivity index (χ1v) is 7.98. The van der Waals surface area contributed by atoms with E-state index in [4.69, 9.17) is 5.11 Å². The van der Waals surface area contributed by atoms with Gasteiger partial charge in [0.1, 0.15) is 0 Å². The van der Waals surface area contributed by atoms with E-state index in [1.807, 2.05) is 25.6 Å². The molecule has 6 heteroatoms. The molecule has 1 heterocycles. The Hall–Kier alpha value is -0.910. The maximum Gasteiger partial charge on any atom is 0.314 e. The molecule has 1 rings (SSSR count). The first-order valence-electron chi connectivity index (χ1n) is 6.83. The zero-order chi connectivity index (χ0) is 14.3. The zero-order valence-electron chi connectivity index (χ0n) is 11.6. The number of carbonyl (C=O) groups is 2. The largest absolute Gasteiger partial charge is 0.481 e. The van der Waals surface area contributed by atoms with Gasteiger partial charge in [-0.2, -0.15) is 11.8 Å². The normalized spacial score (nSPS) is 18.1. The molecule has 1 aliphatic rings. The quantitative estimate of drug-likeness (QED) is 0.696. The Bertz CT molecular complexity index is 304. The summed E-state index contributed by atoms with van der Waals surface area (Å²) in [5.74, 6) is 1.52. The molecule has 0 spiro atoms. The van der Waals surface area contributed by atoms with E-state index in [0.717, 1.165) is 12.8 Å². The van der Waals surface area contributed by atoms with Gasteiger partial charge in [0.15, 0.2) is 0 Å². The van der Waals surface area contributed by atoms with Gasteiger partial charge in [-0.3, -0.25) is 4.79 Å². The van der Waals surface area contributed by atoms with Gasteiger partial charge >= 0.3 is 12.0 Å². The number of amides is 2. The van der Waals surface area contributed by atoms with Crippen molar-refractivity contribution in [3.63, 3.8) is 0 Å². The second kappa shape index (κ2) is 8.30.